The van der Waals surface area contributed by atoms with Crippen molar-refractivity contribution in [3.8, 4) is 0 Å². The fourth-order valence-electron chi connectivity index (χ4n) is 2.76. The highest BCUT2D eigenvalue weighted by Crippen LogP contribution is 2.70. The van der Waals surface area contributed by atoms with Crippen LogP contribution in [0.5, 0.6) is 0 Å². The fraction of sp³-hybridized carbons (Fsp3) is 1.00. The first kappa shape index (κ1) is 37.1. The minimum Gasteiger partial charge on any atom is -0.778 e. The van der Waals surface area contributed by atoms with Gasteiger partial charge in [-0.05, 0) is 12.8 Å². The third-order valence-corrected chi connectivity index (χ3v) is 7.67. The van der Waals surface area contributed by atoms with Crippen molar-refractivity contribution in [1.82, 2.24) is 0 Å². The molecular weight excluding hydrogens is 638 g/mol. The highest BCUT2D eigenvalue weighted by atomic mass is 31.2. The highest BCUT2D eigenvalue weighted by Gasteiger charge is 2.89. The Hall–Kier alpha value is -0.900. The average Bonchev–Trinajstić information content (AvgIpc) is 2.48. The number of hydrogen-bond donors (Lipinski definition) is 2. The van der Waals surface area contributed by atoms with E-state index in [-0.39, 0.29) is 0 Å². The van der Waals surface area contributed by atoms with E-state index in [2.05, 4.69) is 9.47 Å². The first-order valence-corrected chi connectivity index (χ1v) is 11.7. The number of hydrogen-bond acceptors (Lipinski definition) is 6. The van der Waals surface area contributed by atoms with E-state index < -0.39 is 88.5 Å². The molecule has 0 aliphatic rings. The summed E-state index contributed by atoms with van der Waals surface area (Å²) >= 11 is 0. The van der Waals surface area contributed by atoms with Crippen LogP contribution in [-0.2, 0) is 18.6 Å². The predicted octanol–water partition coefficient (Wildman–Crippen LogP) is 3.80. The number of unbranched alkanes of at least 4 members (excludes halogenated alkanes) is 1. The summed E-state index contributed by atoms with van der Waals surface area (Å²) in [6.45, 7) is -4.45. The van der Waals surface area contributed by atoms with Crippen molar-refractivity contribution >= 4 is 15.2 Å². The van der Waals surface area contributed by atoms with Gasteiger partial charge in [0.25, 0.3) is 0 Å². The molecule has 0 saturated heterocycles. The summed E-state index contributed by atoms with van der Waals surface area (Å²) in [5.74, 6) is 0. The lowest BCUT2D eigenvalue weighted by atomic mass is 10.1. The molecule has 0 spiro atoms. The topological polar surface area (TPSA) is 139 Å². The zero-order chi connectivity index (χ0) is 31.2. The molecule has 0 aliphatic heterocycles. The Morgan fingerprint density at radius 1 is 0.500 bits per heavy atom. The molecule has 2 N–H and O–H groups in total. The van der Waals surface area contributed by atoms with Gasteiger partial charge in [0.15, 0.2) is 15.2 Å². The molecule has 0 fully saturated rings. The van der Waals surface area contributed by atoms with Gasteiger partial charge in [-0.3, -0.25) is 0 Å². The van der Waals surface area contributed by atoms with E-state index in [1.807, 2.05) is 0 Å². The molecule has 0 radical (unpaired) electrons. The lowest BCUT2D eigenvalue weighted by Gasteiger charge is -2.46. The molecule has 8 nitrogen and oxygen atoms in total. The first-order valence-electron chi connectivity index (χ1n) is 8.59. The molecular formula is C12H10F16O8P2-2. The Morgan fingerprint density at radius 2 is 0.684 bits per heavy atom. The summed E-state index contributed by atoms with van der Waals surface area (Å²) in [5, 5.41) is -14.6. The SMILES string of the molecule is O=P([O-])(O)C(C(F)(F)F)(C(F)(F)F)C(F)(F)OCCCCOC(F)(F)C(C(F)(F)F)(C(F)(F)F)P(=O)([O-])O. The minimum atomic E-state index is -8.21. The maximum Gasteiger partial charge on any atom is 0.419 e. The number of ether oxygens (including phenoxy) is 2. The molecule has 0 rings (SSSR count). The number of alkyl halides is 16. The Morgan fingerprint density at radius 3 is 0.816 bits per heavy atom. The minimum absolute atomic E-state index is 1.59. The Labute approximate surface area is 198 Å². The Kier molecular flexibility index (Phi) is 10.2. The highest BCUT2D eigenvalue weighted by molar-refractivity contribution is 7.52. The number of rotatable bonds is 11. The van der Waals surface area contributed by atoms with Crippen molar-refractivity contribution in [2.45, 2.75) is 60.1 Å². The lowest BCUT2D eigenvalue weighted by molar-refractivity contribution is -0.401. The summed E-state index contributed by atoms with van der Waals surface area (Å²) in [6.07, 6.45) is -47.1. The van der Waals surface area contributed by atoms with Crippen molar-refractivity contribution in [3.05, 3.63) is 0 Å². The molecule has 0 saturated carbocycles. The summed E-state index contributed by atoms with van der Waals surface area (Å²) < 4.78 is 237. The Balaban J connectivity index is 5.84. The molecule has 0 amide bonds. The Bertz CT molecular complexity index is 809. The maximum absolute atomic E-state index is 13.8. The molecule has 2 atom stereocenters. The van der Waals surface area contributed by atoms with Gasteiger partial charge in [-0.1, -0.05) is 0 Å². The zero-order valence-corrected chi connectivity index (χ0v) is 18.9. The third-order valence-electron chi connectivity index (χ3n) is 4.44. The summed E-state index contributed by atoms with van der Waals surface area (Å²) in [5.41, 5.74) is 0. The van der Waals surface area contributed by atoms with E-state index in [0.29, 0.717) is 0 Å². The van der Waals surface area contributed by atoms with Crippen LogP contribution in [0.15, 0.2) is 0 Å². The molecule has 38 heavy (non-hydrogen) atoms. The van der Waals surface area contributed by atoms with Gasteiger partial charge in [-0.15, -0.1) is 0 Å². The third kappa shape index (κ3) is 6.06. The van der Waals surface area contributed by atoms with Gasteiger partial charge in [-0.2, -0.15) is 70.2 Å². The van der Waals surface area contributed by atoms with E-state index in [9.17, 15) is 89.2 Å². The van der Waals surface area contributed by atoms with Crippen LogP contribution in [0.25, 0.3) is 0 Å². The second kappa shape index (κ2) is 10.5. The van der Waals surface area contributed by atoms with Gasteiger partial charge in [0.1, 0.15) is 0 Å². The largest absolute Gasteiger partial charge is 0.778 e. The summed E-state index contributed by atoms with van der Waals surface area (Å²) in [7, 11) is -16.4. The quantitative estimate of drug-likeness (QED) is 0.196. The van der Waals surface area contributed by atoms with Crippen molar-refractivity contribution < 1.29 is 108 Å². The predicted molar refractivity (Wildman–Crippen MR) is 80.4 cm³/mol. The van der Waals surface area contributed by atoms with Crippen LogP contribution in [0, 0.1) is 0 Å². The van der Waals surface area contributed by atoms with Crippen LogP contribution in [0.1, 0.15) is 12.8 Å². The van der Waals surface area contributed by atoms with Crippen LogP contribution in [-0.4, -0.2) is 70.2 Å². The van der Waals surface area contributed by atoms with Gasteiger partial charge in [0.05, 0.1) is 13.2 Å². The summed E-state index contributed by atoms with van der Waals surface area (Å²) in [6, 6.07) is 0. The monoisotopic (exact) mass is 648 g/mol. The molecule has 26 heteroatoms. The molecule has 0 aromatic carbocycles. The van der Waals surface area contributed by atoms with E-state index in [1.165, 1.54) is 0 Å². The van der Waals surface area contributed by atoms with Crippen LogP contribution in [0.2, 0.25) is 0 Å². The van der Waals surface area contributed by atoms with Crippen LogP contribution in [0.4, 0.5) is 70.2 Å². The molecule has 0 bridgehead atoms. The van der Waals surface area contributed by atoms with Gasteiger partial charge in [0, 0.05) is 0 Å². The second-order valence-corrected chi connectivity index (χ2v) is 10.3. The van der Waals surface area contributed by atoms with Crippen LogP contribution in [0.3, 0.4) is 0 Å². The maximum atomic E-state index is 13.8. The van der Waals surface area contributed by atoms with Crippen molar-refractivity contribution in [2.75, 3.05) is 13.2 Å². The zero-order valence-electron chi connectivity index (χ0n) is 17.1. The summed E-state index contributed by atoms with van der Waals surface area (Å²) in [4.78, 5) is 38.4. The normalized spacial score (nSPS) is 18.7. The van der Waals surface area contributed by atoms with E-state index in [0.717, 1.165) is 0 Å². The van der Waals surface area contributed by atoms with Crippen LogP contribution >= 0.6 is 15.2 Å². The average molecular weight is 648 g/mol. The fourth-order valence-corrected chi connectivity index (χ4v) is 4.83. The first-order chi connectivity index (χ1) is 16.2. The smallest absolute Gasteiger partial charge is 0.419 e. The molecule has 0 aromatic heterocycles. The van der Waals surface area contributed by atoms with Crippen molar-refractivity contribution in [1.29, 1.82) is 0 Å². The molecule has 0 aromatic rings. The molecule has 2 unspecified atom stereocenters. The molecule has 230 valence electrons. The van der Waals surface area contributed by atoms with E-state index in [4.69, 9.17) is 9.79 Å². The standard InChI is InChI=1S/C12H12F16O8P2/c13-7(14,15)5(8(16,17)18,37(29,30)31)11(25,26)35-3-1-2-4-36-12(27,28)6(9(19,20)21,10(22,23)24)38(32,33)34/h1-4H2,(H2,29,30,31)(H2,32,33,34)/p-2. The molecule has 0 aliphatic carbocycles. The van der Waals surface area contributed by atoms with Crippen molar-refractivity contribution in [2.24, 2.45) is 0 Å². The number of halogens is 16. The lowest BCUT2D eigenvalue weighted by Crippen LogP contribution is -2.69. The van der Waals surface area contributed by atoms with E-state index in [1.54, 1.807) is 0 Å². The van der Waals surface area contributed by atoms with Gasteiger partial charge in [-0.25, -0.2) is 0 Å². The van der Waals surface area contributed by atoms with E-state index >= 15 is 0 Å². The van der Waals surface area contributed by atoms with Gasteiger partial charge < -0.3 is 38.2 Å². The van der Waals surface area contributed by atoms with Gasteiger partial charge in [0.2, 0.25) is 0 Å². The van der Waals surface area contributed by atoms with Gasteiger partial charge >= 0.3 is 47.2 Å². The van der Waals surface area contributed by atoms with Crippen molar-refractivity contribution in [3.63, 3.8) is 0 Å². The second-order valence-electron chi connectivity index (χ2n) is 6.89. The van der Waals surface area contributed by atoms with Crippen LogP contribution < -0.4 is 9.79 Å². The molecule has 0 heterocycles.